The fraction of sp³-hybridized carbons (Fsp3) is 0.600. The molecule has 1 aliphatic carbocycles. The summed E-state index contributed by atoms with van der Waals surface area (Å²) in [6, 6.07) is 0. The lowest BCUT2D eigenvalue weighted by Crippen LogP contribution is -2.24. The first kappa shape index (κ1) is 9.24. The molecule has 2 rings (SSSR count). The van der Waals surface area contributed by atoms with Crippen LogP contribution in [0.4, 0.5) is 0 Å². The van der Waals surface area contributed by atoms with Gasteiger partial charge >= 0.3 is 0 Å². The molecular weight excluding hydrogens is 178 g/mol. The molecule has 0 atom stereocenters. The molecule has 0 spiro atoms. The Labute approximate surface area is 83.1 Å². The van der Waals surface area contributed by atoms with Crippen molar-refractivity contribution in [2.75, 3.05) is 6.54 Å². The van der Waals surface area contributed by atoms with E-state index < -0.39 is 0 Å². The molecule has 0 fully saturated rings. The Morgan fingerprint density at radius 1 is 1.50 bits per heavy atom. The van der Waals surface area contributed by atoms with Crippen LogP contribution < -0.4 is 5.32 Å². The molecule has 0 unspecified atom stereocenters. The minimum absolute atomic E-state index is 0.0492. The zero-order valence-corrected chi connectivity index (χ0v) is 8.39. The van der Waals surface area contributed by atoms with Crippen LogP contribution in [0.1, 0.15) is 41.5 Å². The molecule has 2 N–H and O–H groups in total. The van der Waals surface area contributed by atoms with Crippen LogP contribution in [0, 0.1) is 0 Å². The van der Waals surface area contributed by atoms with Crippen LogP contribution in [0.3, 0.4) is 0 Å². The van der Waals surface area contributed by atoms with Gasteiger partial charge in [-0.3, -0.25) is 9.89 Å². The Bertz CT molecular complexity index is 343. The molecule has 1 aromatic rings. The van der Waals surface area contributed by atoms with Crippen molar-refractivity contribution in [2.24, 2.45) is 0 Å². The van der Waals surface area contributed by atoms with Gasteiger partial charge in [0.05, 0.1) is 0 Å². The highest BCUT2D eigenvalue weighted by Gasteiger charge is 2.20. The zero-order chi connectivity index (χ0) is 9.97. The number of hydrogen-bond acceptors (Lipinski definition) is 2. The van der Waals surface area contributed by atoms with Crippen molar-refractivity contribution in [3.8, 4) is 0 Å². The van der Waals surface area contributed by atoms with Crippen LogP contribution in [0.25, 0.3) is 0 Å². The minimum atomic E-state index is -0.0492. The van der Waals surface area contributed by atoms with Gasteiger partial charge in [0.1, 0.15) is 0 Å². The van der Waals surface area contributed by atoms with Crippen molar-refractivity contribution in [2.45, 2.75) is 32.6 Å². The molecule has 4 nitrogen and oxygen atoms in total. The average Bonchev–Trinajstić information content (AvgIpc) is 2.61. The highest BCUT2D eigenvalue weighted by molar-refractivity contribution is 5.93. The Kier molecular flexibility index (Phi) is 2.52. The fourth-order valence-corrected chi connectivity index (χ4v) is 1.91. The first-order valence-electron chi connectivity index (χ1n) is 5.17. The topological polar surface area (TPSA) is 57.8 Å². The van der Waals surface area contributed by atoms with Gasteiger partial charge < -0.3 is 5.32 Å². The van der Waals surface area contributed by atoms with E-state index in [9.17, 15) is 4.79 Å². The maximum absolute atomic E-state index is 11.6. The van der Waals surface area contributed by atoms with Gasteiger partial charge in [0.2, 0.25) is 0 Å². The van der Waals surface area contributed by atoms with Crippen LogP contribution in [-0.4, -0.2) is 22.6 Å². The van der Waals surface area contributed by atoms with Crippen LogP contribution in [0.15, 0.2) is 0 Å². The third-order valence-electron chi connectivity index (χ3n) is 2.61. The van der Waals surface area contributed by atoms with E-state index in [0.717, 1.165) is 24.1 Å². The first-order chi connectivity index (χ1) is 6.83. The molecule has 4 heteroatoms. The fourth-order valence-electron chi connectivity index (χ4n) is 1.91. The van der Waals surface area contributed by atoms with Crippen molar-refractivity contribution in [3.63, 3.8) is 0 Å². The molecule has 1 aliphatic rings. The molecule has 14 heavy (non-hydrogen) atoms. The molecule has 0 saturated heterocycles. The second-order valence-corrected chi connectivity index (χ2v) is 3.60. The van der Waals surface area contributed by atoms with E-state index in [1.807, 2.05) is 6.92 Å². The number of aryl methyl sites for hydroxylation is 1. The smallest absolute Gasteiger partial charge is 0.272 e. The van der Waals surface area contributed by atoms with Crippen LogP contribution >= 0.6 is 0 Å². The van der Waals surface area contributed by atoms with E-state index in [2.05, 4.69) is 15.5 Å². The quantitative estimate of drug-likeness (QED) is 0.737. The second kappa shape index (κ2) is 3.82. The number of hydrogen-bond donors (Lipinski definition) is 2. The molecule has 0 saturated carbocycles. The highest BCUT2D eigenvalue weighted by atomic mass is 16.1. The number of nitrogens with zero attached hydrogens (tertiary/aromatic N) is 1. The summed E-state index contributed by atoms with van der Waals surface area (Å²) in [6.07, 6.45) is 4.38. The van der Waals surface area contributed by atoms with E-state index in [1.165, 1.54) is 12.8 Å². The summed E-state index contributed by atoms with van der Waals surface area (Å²) in [5, 5.41) is 9.81. The van der Waals surface area contributed by atoms with Gasteiger partial charge in [0.15, 0.2) is 5.69 Å². The lowest BCUT2D eigenvalue weighted by atomic mass is 9.96. The number of nitrogens with one attached hydrogen (secondary N) is 2. The van der Waals surface area contributed by atoms with Crippen molar-refractivity contribution in [1.82, 2.24) is 15.5 Å². The molecule has 0 aliphatic heterocycles. The molecule has 1 heterocycles. The standard InChI is InChI=1S/C10H15N3O/c1-2-11-10(14)9-7-5-3-4-6-8(7)12-13-9/h2-6H2,1H3,(H,11,14)(H,12,13). The summed E-state index contributed by atoms with van der Waals surface area (Å²) < 4.78 is 0. The molecule has 76 valence electrons. The summed E-state index contributed by atoms with van der Waals surface area (Å²) >= 11 is 0. The SMILES string of the molecule is CCNC(=O)c1n[nH]c2c1CCCC2. The first-order valence-corrected chi connectivity index (χ1v) is 5.17. The maximum atomic E-state index is 11.6. The number of aromatic amines is 1. The minimum Gasteiger partial charge on any atom is -0.351 e. The zero-order valence-electron chi connectivity index (χ0n) is 8.39. The van der Waals surface area contributed by atoms with Gasteiger partial charge in [-0.2, -0.15) is 5.10 Å². The summed E-state index contributed by atoms with van der Waals surface area (Å²) in [5.74, 6) is -0.0492. The Hall–Kier alpha value is -1.32. The Morgan fingerprint density at radius 3 is 3.07 bits per heavy atom. The van der Waals surface area contributed by atoms with Crippen LogP contribution in [0.2, 0.25) is 0 Å². The third-order valence-corrected chi connectivity index (χ3v) is 2.61. The predicted molar refractivity (Wildman–Crippen MR) is 53.2 cm³/mol. The Balaban J connectivity index is 2.25. The monoisotopic (exact) mass is 193 g/mol. The summed E-state index contributed by atoms with van der Waals surface area (Å²) in [5.41, 5.74) is 2.88. The number of carbonyl (C=O) groups excluding carboxylic acids is 1. The Morgan fingerprint density at radius 2 is 2.29 bits per heavy atom. The summed E-state index contributed by atoms with van der Waals surface area (Å²) in [7, 11) is 0. The maximum Gasteiger partial charge on any atom is 0.272 e. The normalized spacial score (nSPS) is 14.9. The van der Waals surface area contributed by atoms with Crippen molar-refractivity contribution < 1.29 is 4.79 Å². The third kappa shape index (κ3) is 1.52. The highest BCUT2D eigenvalue weighted by Crippen LogP contribution is 2.21. The lowest BCUT2D eigenvalue weighted by molar-refractivity contribution is 0.0950. The van der Waals surface area contributed by atoms with Gasteiger partial charge in [0, 0.05) is 17.8 Å². The van der Waals surface area contributed by atoms with Gasteiger partial charge in [-0.05, 0) is 32.6 Å². The second-order valence-electron chi connectivity index (χ2n) is 3.60. The number of carbonyl (C=O) groups is 1. The van der Waals surface area contributed by atoms with E-state index in [0.29, 0.717) is 12.2 Å². The van der Waals surface area contributed by atoms with Gasteiger partial charge in [-0.25, -0.2) is 0 Å². The van der Waals surface area contributed by atoms with Gasteiger partial charge in [-0.1, -0.05) is 0 Å². The van der Waals surface area contributed by atoms with E-state index >= 15 is 0 Å². The number of H-pyrrole nitrogens is 1. The lowest BCUT2D eigenvalue weighted by Gasteiger charge is -2.10. The van der Waals surface area contributed by atoms with Crippen LogP contribution in [0.5, 0.6) is 0 Å². The molecule has 1 aromatic heterocycles. The summed E-state index contributed by atoms with van der Waals surface area (Å²) in [4.78, 5) is 11.6. The molecule has 0 aromatic carbocycles. The summed E-state index contributed by atoms with van der Waals surface area (Å²) in [6.45, 7) is 2.57. The molecule has 1 amide bonds. The largest absolute Gasteiger partial charge is 0.351 e. The number of amides is 1. The number of rotatable bonds is 2. The molecule has 0 bridgehead atoms. The predicted octanol–water partition coefficient (Wildman–Crippen LogP) is 1.04. The number of aromatic nitrogens is 2. The van der Waals surface area contributed by atoms with E-state index in [1.54, 1.807) is 0 Å². The van der Waals surface area contributed by atoms with E-state index in [4.69, 9.17) is 0 Å². The molecule has 0 radical (unpaired) electrons. The van der Waals surface area contributed by atoms with Crippen molar-refractivity contribution in [3.05, 3.63) is 17.0 Å². The number of fused-ring (bicyclic) bond motifs is 1. The van der Waals surface area contributed by atoms with Crippen molar-refractivity contribution in [1.29, 1.82) is 0 Å². The van der Waals surface area contributed by atoms with Gasteiger partial charge in [0.25, 0.3) is 5.91 Å². The molecular formula is C10H15N3O. The average molecular weight is 193 g/mol. The van der Waals surface area contributed by atoms with Crippen LogP contribution in [-0.2, 0) is 12.8 Å². The van der Waals surface area contributed by atoms with E-state index in [-0.39, 0.29) is 5.91 Å². The van der Waals surface area contributed by atoms with Crippen molar-refractivity contribution >= 4 is 5.91 Å². The van der Waals surface area contributed by atoms with Gasteiger partial charge in [-0.15, -0.1) is 0 Å².